The normalized spacial score (nSPS) is 19.5. The van der Waals surface area contributed by atoms with Crippen molar-refractivity contribution in [3.63, 3.8) is 0 Å². The minimum absolute atomic E-state index is 0.112. The number of likely N-dealkylation sites (tertiary alicyclic amines) is 1. The van der Waals surface area contributed by atoms with Crippen LogP contribution in [-0.2, 0) is 14.3 Å². The van der Waals surface area contributed by atoms with Crippen LogP contribution in [0, 0.1) is 6.92 Å². The van der Waals surface area contributed by atoms with Crippen molar-refractivity contribution in [2.75, 3.05) is 53.6 Å². The number of methoxy groups -OCH3 is 2. The Kier molecular flexibility index (Phi) is 7.67. The summed E-state index contributed by atoms with van der Waals surface area (Å²) in [6.45, 7) is 5.62. The second-order valence-electron chi connectivity index (χ2n) is 9.56. The van der Waals surface area contributed by atoms with E-state index in [2.05, 4.69) is 5.10 Å². The van der Waals surface area contributed by atoms with Crippen LogP contribution in [0.3, 0.4) is 0 Å². The summed E-state index contributed by atoms with van der Waals surface area (Å²) in [7, 11) is 3.01. The lowest BCUT2D eigenvalue weighted by atomic mass is 9.94. The largest absolute Gasteiger partial charge is 0.872 e. The van der Waals surface area contributed by atoms with Crippen LogP contribution in [0.4, 0.5) is 0 Å². The Hall–Kier alpha value is -4.15. The minimum Gasteiger partial charge on any atom is -0.872 e. The van der Waals surface area contributed by atoms with Gasteiger partial charge in [0.15, 0.2) is 11.5 Å². The topological polar surface area (TPSA) is 110 Å². The third-order valence-corrected chi connectivity index (χ3v) is 7.42. The third kappa shape index (κ3) is 4.88. The van der Waals surface area contributed by atoms with Gasteiger partial charge in [-0.05, 0) is 25.1 Å². The summed E-state index contributed by atoms with van der Waals surface area (Å²) in [5.41, 5.74) is 2.03. The first kappa shape index (κ1) is 26.5. The SMILES string of the molecule is COc1cccc(C2/C(=C(\[O-])c3cnn(-c4ccccc4)c3C)C(=O)C(=O)N2CC[NH+]2CCOCC2)c1OC. The van der Waals surface area contributed by atoms with Crippen LogP contribution in [0.5, 0.6) is 11.5 Å². The number of quaternary nitrogens is 1. The summed E-state index contributed by atoms with van der Waals surface area (Å²) in [5, 5.41) is 18.5. The van der Waals surface area contributed by atoms with Crippen LogP contribution >= 0.6 is 0 Å². The molecule has 1 atom stereocenters. The second-order valence-corrected chi connectivity index (χ2v) is 9.56. The molecule has 0 aliphatic carbocycles. The van der Waals surface area contributed by atoms with Crippen LogP contribution in [0.15, 0.2) is 60.3 Å². The van der Waals surface area contributed by atoms with Gasteiger partial charge in [0.1, 0.15) is 13.1 Å². The van der Waals surface area contributed by atoms with Crippen molar-refractivity contribution >= 4 is 17.4 Å². The molecule has 2 aliphatic rings. The number of carbonyl (C=O) groups excluding carboxylic acids is 2. The number of amides is 1. The smallest absolute Gasteiger partial charge is 0.295 e. The molecule has 2 aliphatic heterocycles. The zero-order chi connectivity index (χ0) is 27.5. The van der Waals surface area contributed by atoms with E-state index < -0.39 is 23.5 Å². The molecule has 10 heteroatoms. The Balaban J connectivity index is 1.62. The van der Waals surface area contributed by atoms with E-state index in [1.807, 2.05) is 30.3 Å². The Bertz CT molecular complexity index is 1390. The lowest BCUT2D eigenvalue weighted by molar-refractivity contribution is -0.907. The fourth-order valence-electron chi connectivity index (χ4n) is 5.35. The van der Waals surface area contributed by atoms with Gasteiger partial charge in [0.05, 0.1) is 58.4 Å². The molecule has 204 valence electrons. The number of para-hydroxylation sites is 2. The fourth-order valence-corrected chi connectivity index (χ4v) is 5.35. The lowest BCUT2D eigenvalue weighted by Crippen LogP contribution is -3.14. The van der Waals surface area contributed by atoms with Crippen molar-refractivity contribution in [1.82, 2.24) is 14.7 Å². The molecule has 10 nitrogen and oxygen atoms in total. The van der Waals surface area contributed by atoms with Crippen LogP contribution in [0.1, 0.15) is 22.9 Å². The Labute approximate surface area is 227 Å². The summed E-state index contributed by atoms with van der Waals surface area (Å²) in [4.78, 5) is 29.8. The fraction of sp³-hybridized carbons (Fsp3) is 0.345. The Morgan fingerprint density at radius 2 is 1.82 bits per heavy atom. The zero-order valence-electron chi connectivity index (χ0n) is 22.3. The van der Waals surface area contributed by atoms with Gasteiger partial charge in [0.2, 0.25) is 5.78 Å². The number of aromatic nitrogens is 2. The van der Waals surface area contributed by atoms with E-state index >= 15 is 0 Å². The second kappa shape index (κ2) is 11.3. The molecule has 1 amide bonds. The van der Waals surface area contributed by atoms with Gasteiger partial charge in [-0.2, -0.15) is 5.10 Å². The molecule has 1 unspecified atom stereocenters. The first-order valence-corrected chi connectivity index (χ1v) is 12.9. The Morgan fingerprint density at radius 3 is 2.51 bits per heavy atom. The number of ketones is 1. The van der Waals surface area contributed by atoms with Crippen molar-refractivity contribution in [2.45, 2.75) is 13.0 Å². The molecule has 2 aromatic carbocycles. The van der Waals surface area contributed by atoms with Gasteiger partial charge in [-0.15, -0.1) is 0 Å². The van der Waals surface area contributed by atoms with Gasteiger partial charge in [0.25, 0.3) is 5.91 Å². The van der Waals surface area contributed by atoms with E-state index in [0.717, 1.165) is 18.8 Å². The number of nitrogens with one attached hydrogen (secondary N) is 1. The number of carbonyl (C=O) groups is 2. The summed E-state index contributed by atoms with van der Waals surface area (Å²) < 4.78 is 18.3. The van der Waals surface area contributed by atoms with Gasteiger partial charge >= 0.3 is 0 Å². The maximum Gasteiger partial charge on any atom is 0.295 e. The van der Waals surface area contributed by atoms with Gasteiger partial charge in [-0.3, -0.25) is 9.59 Å². The standard InChI is InChI=1S/C29H32N4O6/c1-19-22(18-30-33(19)20-8-5-4-6-9-20)26(34)24-25(21-10-7-11-23(37-2)28(21)38-3)32(29(36)27(24)35)13-12-31-14-16-39-17-15-31/h4-11,18,25,34H,12-17H2,1-3H3/b26-24+. The molecule has 0 bridgehead atoms. The van der Waals surface area contributed by atoms with Crippen molar-refractivity contribution in [3.8, 4) is 17.2 Å². The van der Waals surface area contributed by atoms with Crippen molar-refractivity contribution in [1.29, 1.82) is 0 Å². The minimum atomic E-state index is -0.928. The highest BCUT2D eigenvalue weighted by molar-refractivity contribution is 6.46. The number of hydrogen-bond donors (Lipinski definition) is 1. The first-order valence-electron chi connectivity index (χ1n) is 12.9. The molecule has 2 fully saturated rings. The quantitative estimate of drug-likeness (QED) is 0.253. The maximum atomic E-state index is 14.1. The Morgan fingerprint density at radius 1 is 1.08 bits per heavy atom. The predicted octanol–water partition coefficient (Wildman–Crippen LogP) is 0.337. The van der Waals surface area contributed by atoms with E-state index in [4.69, 9.17) is 14.2 Å². The maximum absolute atomic E-state index is 14.1. The third-order valence-electron chi connectivity index (χ3n) is 7.42. The zero-order valence-corrected chi connectivity index (χ0v) is 22.3. The van der Waals surface area contributed by atoms with E-state index in [9.17, 15) is 14.7 Å². The molecule has 1 N–H and O–H groups in total. The predicted molar refractivity (Wildman–Crippen MR) is 141 cm³/mol. The summed E-state index contributed by atoms with van der Waals surface area (Å²) in [6.07, 6.45) is 1.45. The number of nitrogens with zero attached hydrogens (tertiary/aromatic N) is 3. The average Bonchev–Trinajstić information content (AvgIpc) is 3.48. The molecular weight excluding hydrogens is 500 g/mol. The number of Topliss-reactive ketones (excluding diaryl/α,β-unsaturated/α-hetero) is 1. The lowest BCUT2D eigenvalue weighted by Gasteiger charge is -2.31. The van der Waals surface area contributed by atoms with Crippen molar-refractivity contribution in [3.05, 3.63) is 77.1 Å². The van der Waals surface area contributed by atoms with Crippen LogP contribution in [0.2, 0.25) is 0 Å². The number of rotatable bonds is 8. The molecule has 1 aromatic heterocycles. The van der Waals surface area contributed by atoms with Crippen LogP contribution in [-0.4, -0.2) is 80.0 Å². The molecular formula is C29H32N4O6. The highest BCUT2D eigenvalue weighted by atomic mass is 16.5. The van der Waals surface area contributed by atoms with Crippen molar-refractivity contribution in [2.24, 2.45) is 0 Å². The first-order chi connectivity index (χ1) is 19.0. The molecule has 0 saturated carbocycles. The molecule has 2 saturated heterocycles. The number of ether oxygens (including phenoxy) is 3. The van der Waals surface area contributed by atoms with Gasteiger partial charge in [-0.1, -0.05) is 36.1 Å². The number of hydrogen-bond acceptors (Lipinski definition) is 7. The molecule has 0 radical (unpaired) electrons. The van der Waals surface area contributed by atoms with Gasteiger partial charge in [-0.25, -0.2) is 4.68 Å². The van der Waals surface area contributed by atoms with Gasteiger partial charge < -0.3 is 29.1 Å². The van der Waals surface area contributed by atoms with Crippen LogP contribution < -0.4 is 19.5 Å². The highest BCUT2D eigenvalue weighted by Crippen LogP contribution is 2.45. The monoisotopic (exact) mass is 532 g/mol. The average molecular weight is 533 g/mol. The van der Waals surface area contributed by atoms with Gasteiger partial charge in [0, 0.05) is 22.4 Å². The molecule has 3 aromatic rings. The van der Waals surface area contributed by atoms with E-state index in [1.165, 1.54) is 30.2 Å². The summed E-state index contributed by atoms with van der Waals surface area (Å²) >= 11 is 0. The van der Waals surface area contributed by atoms with E-state index in [0.29, 0.717) is 49.1 Å². The summed E-state index contributed by atoms with van der Waals surface area (Å²) in [6, 6.07) is 13.7. The molecule has 0 spiro atoms. The van der Waals surface area contributed by atoms with E-state index in [1.54, 1.807) is 29.8 Å². The molecule has 39 heavy (non-hydrogen) atoms. The highest BCUT2D eigenvalue weighted by Gasteiger charge is 2.46. The number of morpholine rings is 1. The summed E-state index contributed by atoms with van der Waals surface area (Å²) in [5.74, 6) is -1.21. The van der Waals surface area contributed by atoms with Crippen molar-refractivity contribution < 1.29 is 33.8 Å². The molecule has 3 heterocycles. The van der Waals surface area contributed by atoms with Crippen LogP contribution in [0.25, 0.3) is 11.4 Å². The number of benzene rings is 2. The molecule has 5 rings (SSSR count). The van der Waals surface area contributed by atoms with E-state index in [-0.39, 0.29) is 11.1 Å².